The van der Waals surface area contributed by atoms with Crippen LogP contribution < -0.4 is 20.9 Å². The van der Waals surface area contributed by atoms with E-state index in [1.54, 1.807) is 19.5 Å². The first-order valence-electron chi connectivity index (χ1n) is 10.4. The average molecular weight is 412 g/mol. The van der Waals surface area contributed by atoms with Crippen molar-refractivity contribution in [3.05, 3.63) is 12.4 Å². The second-order valence-corrected chi connectivity index (χ2v) is 8.54. The van der Waals surface area contributed by atoms with Crippen molar-refractivity contribution in [3.8, 4) is 11.4 Å². The van der Waals surface area contributed by atoms with Crippen molar-refractivity contribution in [1.82, 2.24) is 19.9 Å². The number of aromatic nitrogens is 4. The highest BCUT2D eigenvalue weighted by atomic mass is 16.5. The summed E-state index contributed by atoms with van der Waals surface area (Å²) in [6.07, 6.45) is 5.53. The van der Waals surface area contributed by atoms with Gasteiger partial charge in [-0.2, -0.15) is 0 Å². The molecule has 0 spiro atoms. The number of anilines is 4. The largest absolute Gasteiger partial charge is 0.383 e. The molecule has 3 aliphatic rings. The number of hydrogen-bond donors (Lipinski definition) is 2. The Hall–Kier alpha value is -2.72. The quantitative estimate of drug-likeness (QED) is 0.765. The van der Waals surface area contributed by atoms with Crippen LogP contribution >= 0.6 is 0 Å². The van der Waals surface area contributed by atoms with Crippen molar-refractivity contribution in [2.75, 3.05) is 54.3 Å². The van der Waals surface area contributed by atoms with Crippen LogP contribution in [0.2, 0.25) is 0 Å². The first-order valence-corrected chi connectivity index (χ1v) is 10.4. The third-order valence-corrected chi connectivity index (χ3v) is 6.14. The van der Waals surface area contributed by atoms with Crippen molar-refractivity contribution in [2.45, 2.75) is 44.5 Å². The first-order chi connectivity index (χ1) is 14.5. The molecule has 2 aromatic rings. The Labute approximate surface area is 175 Å². The molecule has 2 saturated heterocycles. The van der Waals surface area contributed by atoms with E-state index in [0.29, 0.717) is 19.0 Å². The fraction of sp³-hybridized carbons (Fsp3) is 0.600. The monoisotopic (exact) mass is 412 g/mol. The number of nitrogens with zero attached hydrogens (tertiary/aromatic N) is 6. The molecule has 0 bridgehead atoms. The molecule has 10 nitrogen and oxygen atoms in total. The minimum absolute atomic E-state index is 0.00399. The van der Waals surface area contributed by atoms with Crippen LogP contribution in [-0.2, 0) is 9.47 Å². The molecule has 2 atom stereocenters. The Kier molecular flexibility index (Phi) is 4.62. The zero-order valence-electron chi connectivity index (χ0n) is 17.6. The SMILES string of the molecule is COCC1CCCN1c1nc(-c2cnc(N)nc2)nc2c1NC1N2CCOC1(C)C. The van der Waals surface area contributed by atoms with Crippen LogP contribution in [0.1, 0.15) is 26.7 Å². The van der Waals surface area contributed by atoms with E-state index >= 15 is 0 Å². The van der Waals surface area contributed by atoms with Gasteiger partial charge in [-0.25, -0.2) is 19.9 Å². The molecular formula is C20H28N8O2. The highest BCUT2D eigenvalue weighted by molar-refractivity contribution is 5.85. The van der Waals surface area contributed by atoms with Crippen LogP contribution in [-0.4, -0.2) is 71.2 Å². The maximum absolute atomic E-state index is 6.04. The van der Waals surface area contributed by atoms with Crippen LogP contribution in [0.25, 0.3) is 11.4 Å². The van der Waals surface area contributed by atoms with Gasteiger partial charge in [-0.05, 0) is 26.7 Å². The predicted octanol–water partition coefficient (Wildman–Crippen LogP) is 1.50. The van der Waals surface area contributed by atoms with Gasteiger partial charge in [-0.3, -0.25) is 0 Å². The van der Waals surface area contributed by atoms with Crippen molar-refractivity contribution in [1.29, 1.82) is 0 Å². The van der Waals surface area contributed by atoms with Gasteiger partial charge < -0.3 is 30.3 Å². The molecule has 160 valence electrons. The lowest BCUT2D eigenvalue weighted by atomic mass is 10.0. The number of methoxy groups -OCH3 is 1. The normalized spacial score (nSPS) is 24.5. The van der Waals surface area contributed by atoms with Crippen LogP contribution in [0, 0.1) is 0 Å². The summed E-state index contributed by atoms with van der Waals surface area (Å²) < 4.78 is 11.5. The zero-order valence-corrected chi connectivity index (χ0v) is 17.6. The lowest BCUT2D eigenvalue weighted by Gasteiger charge is -2.42. The standard InChI is InChI=1S/C20H28N8O2/c1-20(2)18-24-14-16(27-6-4-5-13(27)11-29-3)25-15(12-9-22-19(21)23-10-12)26-17(14)28(18)7-8-30-20/h9-10,13,18,24H,4-8,11H2,1-3H3,(H2,21,22,23). The number of hydrogen-bond acceptors (Lipinski definition) is 10. The summed E-state index contributed by atoms with van der Waals surface area (Å²) >= 11 is 0. The molecule has 3 aliphatic heterocycles. The molecule has 10 heteroatoms. The van der Waals surface area contributed by atoms with Gasteiger partial charge in [0.15, 0.2) is 17.5 Å². The maximum atomic E-state index is 6.04. The molecule has 3 N–H and O–H groups in total. The topological polar surface area (TPSA) is 115 Å². The molecule has 2 unspecified atom stereocenters. The van der Waals surface area contributed by atoms with Gasteiger partial charge in [0.05, 0.1) is 24.8 Å². The van der Waals surface area contributed by atoms with Gasteiger partial charge in [0.25, 0.3) is 0 Å². The van der Waals surface area contributed by atoms with Crippen molar-refractivity contribution >= 4 is 23.3 Å². The number of ether oxygens (including phenoxy) is 2. The van der Waals surface area contributed by atoms with Gasteiger partial charge in [-0.1, -0.05) is 0 Å². The van der Waals surface area contributed by atoms with E-state index in [1.807, 2.05) is 0 Å². The summed E-state index contributed by atoms with van der Waals surface area (Å²) in [5.74, 6) is 2.63. The van der Waals surface area contributed by atoms with E-state index < -0.39 is 0 Å². The summed E-state index contributed by atoms with van der Waals surface area (Å²) in [6.45, 7) is 7.23. The molecule has 5 heterocycles. The zero-order chi connectivity index (χ0) is 20.9. The van der Waals surface area contributed by atoms with Crippen LogP contribution in [0.15, 0.2) is 12.4 Å². The highest BCUT2D eigenvalue weighted by Gasteiger charge is 2.46. The summed E-state index contributed by atoms with van der Waals surface area (Å²) in [5, 5.41) is 3.66. The average Bonchev–Trinajstić information content (AvgIpc) is 3.33. The van der Waals surface area contributed by atoms with Gasteiger partial charge in [-0.15, -0.1) is 0 Å². The predicted molar refractivity (Wildman–Crippen MR) is 115 cm³/mol. The van der Waals surface area contributed by atoms with Crippen LogP contribution in [0.3, 0.4) is 0 Å². The van der Waals surface area contributed by atoms with Gasteiger partial charge in [0.2, 0.25) is 5.95 Å². The summed E-state index contributed by atoms with van der Waals surface area (Å²) in [6, 6.07) is 0.285. The van der Waals surface area contributed by atoms with Gasteiger partial charge in [0.1, 0.15) is 17.5 Å². The Morgan fingerprint density at radius 2 is 1.93 bits per heavy atom. The van der Waals surface area contributed by atoms with Gasteiger partial charge >= 0.3 is 0 Å². The molecule has 5 rings (SSSR count). The molecule has 0 aromatic carbocycles. The van der Waals surface area contributed by atoms with E-state index in [9.17, 15) is 0 Å². The molecular weight excluding hydrogens is 384 g/mol. The number of fused-ring (bicyclic) bond motifs is 3. The second kappa shape index (κ2) is 7.21. The Bertz CT molecular complexity index is 935. The third-order valence-electron chi connectivity index (χ3n) is 6.14. The number of nitrogens with two attached hydrogens (primary N) is 1. The summed E-state index contributed by atoms with van der Waals surface area (Å²) in [7, 11) is 1.75. The van der Waals surface area contributed by atoms with E-state index in [2.05, 4.69) is 38.9 Å². The number of rotatable bonds is 4. The molecule has 0 aliphatic carbocycles. The molecule has 0 saturated carbocycles. The molecule has 0 radical (unpaired) electrons. The number of morpholine rings is 1. The minimum atomic E-state index is -0.350. The first kappa shape index (κ1) is 19.3. The molecule has 0 amide bonds. The maximum Gasteiger partial charge on any atom is 0.219 e. The van der Waals surface area contributed by atoms with Crippen molar-refractivity contribution in [3.63, 3.8) is 0 Å². The third kappa shape index (κ3) is 3.10. The van der Waals surface area contributed by atoms with Gasteiger partial charge in [0, 0.05) is 32.6 Å². The Balaban J connectivity index is 1.64. The fourth-order valence-corrected chi connectivity index (χ4v) is 4.65. The lowest BCUT2D eigenvalue weighted by Crippen LogP contribution is -2.58. The number of nitrogens with one attached hydrogen (secondary N) is 1. The van der Waals surface area contributed by atoms with E-state index in [1.165, 1.54) is 0 Å². The summed E-state index contributed by atoms with van der Waals surface area (Å²) in [5.41, 5.74) is 7.03. The summed E-state index contributed by atoms with van der Waals surface area (Å²) in [4.78, 5) is 22.8. The van der Waals surface area contributed by atoms with E-state index in [4.69, 9.17) is 25.2 Å². The van der Waals surface area contributed by atoms with Crippen molar-refractivity contribution < 1.29 is 9.47 Å². The highest BCUT2D eigenvalue weighted by Crippen LogP contribution is 2.46. The molecule has 2 aromatic heterocycles. The van der Waals surface area contributed by atoms with Crippen LogP contribution in [0.5, 0.6) is 0 Å². The molecule has 2 fully saturated rings. The van der Waals surface area contributed by atoms with Crippen molar-refractivity contribution in [2.24, 2.45) is 0 Å². The lowest BCUT2D eigenvalue weighted by molar-refractivity contribution is -0.0489. The number of nitrogen functional groups attached to an aromatic ring is 1. The molecule has 30 heavy (non-hydrogen) atoms. The van der Waals surface area contributed by atoms with Crippen LogP contribution in [0.4, 0.5) is 23.3 Å². The fourth-order valence-electron chi connectivity index (χ4n) is 4.65. The van der Waals surface area contributed by atoms with E-state index in [0.717, 1.165) is 48.8 Å². The second-order valence-electron chi connectivity index (χ2n) is 8.54. The minimum Gasteiger partial charge on any atom is -0.383 e. The Morgan fingerprint density at radius 3 is 2.67 bits per heavy atom. The smallest absolute Gasteiger partial charge is 0.219 e. The van der Waals surface area contributed by atoms with E-state index in [-0.39, 0.29) is 23.8 Å². The Morgan fingerprint density at radius 1 is 1.20 bits per heavy atom.